The summed E-state index contributed by atoms with van der Waals surface area (Å²) >= 11 is 0. The van der Waals surface area contributed by atoms with E-state index in [4.69, 9.17) is 4.74 Å². The normalized spacial score (nSPS) is 14.4. The maximum absolute atomic E-state index is 12.4. The molecule has 1 aromatic heterocycles. The second-order valence-electron chi connectivity index (χ2n) is 7.51. The average Bonchev–Trinajstić information content (AvgIpc) is 3.28. The minimum Gasteiger partial charge on any atom is -0.451 e. The summed E-state index contributed by atoms with van der Waals surface area (Å²) in [5.41, 5.74) is 2.40. The maximum Gasteiger partial charge on any atom is 0.361 e. The first-order valence-electron chi connectivity index (χ1n) is 10.3. The predicted molar refractivity (Wildman–Crippen MR) is 114 cm³/mol. The summed E-state index contributed by atoms with van der Waals surface area (Å²) in [6.45, 7) is 3.92. The van der Waals surface area contributed by atoms with E-state index in [1.165, 1.54) is 11.8 Å². The molecule has 2 heterocycles. The molecular formula is C23H25N5O3. The summed E-state index contributed by atoms with van der Waals surface area (Å²) in [7, 11) is 0. The Morgan fingerprint density at radius 2 is 1.45 bits per heavy atom. The lowest BCUT2D eigenvalue weighted by Crippen LogP contribution is -2.49. The molecule has 3 aromatic rings. The fourth-order valence-electron chi connectivity index (χ4n) is 3.53. The molecule has 1 aliphatic rings. The van der Waals surface area contributed by atoms with E-state index in [0.717, 1.165) is 25.2 Å². The molecule has 31 heavy (non-hydrogen) atoms. The van der Waals surface area contributed by atoms with Gasteiger partial charge in [-0.3, -0.25) is 9.69 Å². The number of carbonyl (C=O) groups excluding carboxylic acids is 2. The second kappa shape index (κ2) is 9.99. The van der Waals surface area contributed by atoms with Crippen LogP contribution in [0.4, 0.5) is 0 Å². The summed E-state index contributed by atoms with van der Waals surface area (Å²) in [5.74, 6) is -0.834. The van der Waals surface area contributed by atoms with Crippen LogP contribution < -0.4 is 0 Å². The highest BCUT2D eigenvalue weighted by Crippen LogP contribution is 2.09. The zero-order chi connectivity index (χ0) is 21.5. The third kappa shape index (κ3) is 5.76. The number of piperazine rings is 1. The number of carbonyl (C=O) groups is 2. The maximum atomic E-state index is 12.4. The third-order valence-electron chi connectivity index (χ3n) is 5.24. The van der Waals surface area contributed by atoms with Gasteiger partial charge in [0, 0.05) is 32.7 Å². The Kier molecular flexibility index (Phi) is 6.68. The van der Waals surface area contributed by atoms with Gasteiger partial charge in [-0.2, -0.15) is 0 Å². The van der Waals surface area contributed by atoms with Crippen LogP contribution in [0.5, 0.6) is 0 Å². The molecule has 0 unspecified atom stereocenters. The molecule has 4 rings (SSSR count). The summed E-state index contributed by atoms with van der Waals surface area (Å²) in [5, 5.41) is 7.82. The van der Waals surface area contributed by atoms with Crippen molar-refractivity contribution in [1.82, 2.24) is 24.8 Å². The first kappa shape index (κ1) is 20.7. The number of rotatable bonds is 7. The fourth-order valence-corrected chi connectivity index (χ4v) is 3.53. The minimum atomic E-state index is -0.643. The van der Waals surface area contributed by atoms with Gasteiger partial charge in [-0.15, -0.1) is 5.10 Å². The molecule has 1 amide bonds. The third-order valence-corrected chi connectivity index (χ3v) is 5.24. The number of amides is 1. The van der Waals surface area contributed by atoms with Crippen molar-refractivity contribution in [3.05, 3.63) is 83.7 Å². The molecular weight excluding hydrogens is 394 g/mol. The van der Waals surface area contributed by atoms with E-state index >= 15 is 0 Å². The zero-order valence-corrected chi connectivity index (χ0v) is 17.3. The molecule has 0 saturated carbocycles. The lowest BCUT2D eigenvalue weighted by molar-refractivity contribution is -0.136. The molecule has 0 spiro atoms. The smallest absolute Gasteiger partial charge is 0.361 e. The number of hydrogen-bond acceptors (Lipinski definition) is 6. The molecule has 0 atom stereocenters. The van der Waals surface area contributed by atoms with Crippen LogP contribution in [-0.4, -0.2) is 69.5 Å². The van der Waals surface area contributed by atoms with Crippen molar-refractivity contribution in [3.63, 3.8) is 0 Å². The summed E-state index contributed by atoms with van der Waals surface area (Å²) in [6, 6.07) is 20.0. The van der Waals surface area contributed by atoms with Gasteiger partial charge in [0.15, 0.2) is 12.3 Å². The summed E-state index contributed by atoms with van der Waals surface area (Å²) in [4.78, 5) is 28.7. The number of aromatic nitrogens is 3. The highest BCUT2D eigenvalue weighted by molar-refractivity contribution is 5.89. The predicted octanol–water partition coefficient (Wildman–Crippen LogP) is 1.83. The van der Waals surface area contributed by atoms with Gasteiger partial charge < -0.3 is 9.64 Å². The van der Waals surface area contributed by atoms with E-state index in [0.29, 0.717) is 19.6 Å². The Balaban J connectivity index is 1.21. The minimum absolute atomic E-state index is 0.0939. The molecule has 160 valence electrons. The van der Waals surface area contributed by atoms with Crippen molar-refractivity contribution in [2.75, 3.05) is 32.8 Å². The monoisotopic (exact) mass is 419 g/mol. The van der Waals surface area contributed by atoms with Gasteiger partial charge >= 0.3 is 5.97 Å². The summed E-state index contributed by atoms with van der Waals surface area (Å²) in [6.07, 6.45) is 1.53. The Hall–Kier alpha value is -3.52. The number of esters is 1. The van der Waals surface area contributed by atoms with Gasteiger partial charge in [0.25, 0.3) is 5.91 Å². The second-order valence-corrected chi connectivity index (χ2v) is 7.51. The van der Waals surface area contributed by atoms with Crippen LogP contribution >= 0.6 is 0 Å². The highest BCUT2D eigenvalue weighted by atomic mass is 16.5. The van der Waals surface area contributed by atoms with Gasteiger partial charge in [-0.05, 0) is 11.1 Å². The molecule has 1 aliphatic heterocycles. The fraction of sp³-hybridized carbons (Fsp3) is 0.304. The van der Waals surface area contributed by atoms with Gasteiger partial charge in [0.2, 0.25) is 0 Å². The average molecular weight is 419 g/mol. The van der Waals surface area contributed by atoms with Crippen molar-refractivity contribution in [2.45, 2.75) is 13.1 Å². The molecule has 8 heteroatoms. The van der Waals surface area contributed by atoms with E-state index in [-0.39, 0.29) is 18.2 Å². The lowest BCUT2D eigenvalue weighted by Gasteiger charge is -2.34. The lowest BCUT2D eigenvalue weighted by atomic mass is 10.2. The van der Waals surface area contributed by atoms with Crippen LogP contribution in [0.15, 0.2) is 66.9 Å². The summed E-state index contributed by atoms with van der Waals surface area (Å²) < 4.78 is 6.74. The van der Waals surface area contributed by atoms with Crippen LogP contribution in [0, 0.1) is 0 Å². The molecule has 0 radical (unpaired) electrons. The van der Waals surface area contributed by atoms with Crippen LogP contribution in [-0.2, 0) is 22.6 Å². The molecule has 0 bridgehead atoms. The van der Waals surface area contributed by atoms with Crippen molar-refractivity contribution in [2.24, 2.45) is 0 Å². The van der Waals surface area contributed by atoms with E-state index in [1.807, 2.05) is 48.5 Å². The van der Waals surface area contributed by atoms with Crippen molar-refractivity contribution in [3.8, 4) is 0 Å². The number of ether oxygens (including phenoxy) is 1. The largest absolute Gasteiger partial charge is 0.451 e. The van der Waals surface area contributed by atoms with E-state index < -0.39 is 5.97 Å². The van der Waals surface area contributed by atoms with Crippen LogP contribution in [0.25, 0.3) is 0 Å². The Morgan fingerprint density at radius 1 is 0.839 bits per heavy atom. The quantitative estimate of drug-likeness (QED) is 0.544. The molecule has 2 aromatic carbocycles. The van der Waals surface area contributed by atoms with Crippen LogP contribution in [0.1, 0.15) is 21.6 Å². The van der Waals surface area contributed by atoms with Crippen LogP contribution in [0.2, 0.25) is 0 Å². The molecule has 0 aliphatic carbocycles. The molecule has 1 saturated heterocycles. The zero-order valence-electron chi connectivity index (χ0n) is 17.3. The Morgan fingerprint density at radius 3 is 2.10 bits per heavy atom. The Bertz CT molecular complexity index is 998. The number of nitrogens with zero attached hydrogens (tertiary/aromatic N) is 5. The van der Waals surface area contributed by atoms with Gasteiger partial charge in [0.05, 0.1) is 12.7 Å². The highest BCUT2D eigenvalue weighted by Gasteiger charge is 2.23. The molecule has 8 nitrogen and oxygen atoms in total. The standard InChI is InChI=1S/C23H25N5O3/c29-22(27-13-11-26(12-14-27)15-19-7-3-1-4-8-19)18-31-23(30)21-17-28(25-24-21)16-20-9-5-2-6-10-20/h1-10,17H,11-16,18H2. The number of hydrogen-bond donors (Lipinski definition) is 0. The van der Waals surface area contributed by atoms with E-state index in [1.54, 1.807) is 9.58 Å². The van der Waals surface area contributed by atoms with Gasteiger partial charge in [-0.1, -0.05) is 65.9 Å². The van der Waals surface area contributed by atoms with Gasteiger partial charge in [0.1, 0.15) is 0 Å². The van der Waals surface area contributed by atoms with Crippen molar-refractivity contribution < 1.29 is 14.3 Å². The topological polar surface area (TPSA) is 80.6 Å². The first-order valence-corrected chi connectivity index (χ1v) is 10.3. The molecule has 0 N–H and O–H groups in total. The van der Waals surface area contributed by atoms with E-state index in [2.05, 4.69) is 27.3 Å². The van der Waals surface area contributed by atoms with Crippen LogP contribution in [0.3, 0.4) is 0 Å². The van der Waals surface area contributed by atoms with Crippen molar-refractivity contribution >= 4 is 11.9 Å². The number of benzene rings is 2. The van der Waals surface area contributed by atoms with E-state index in [9.17, 15) is 9.59 Å². The Labute approximate surface area is 181 Å². The molecule has 1 fully saturated rings. The SMILES string of the molecule is O=C(OCC(=O)N1CCN(Cc2ccccc2)CC1)c1cn(Cc2ccccc2)nn1. The van der Waals surface area contributed by atoms with Gasteiger partial charge in [-0.25, -0.2) is 9.48 Å². The first-order chi connectivity index (χ1) is 15.2. The van der Waals surface area contributed by atoms with Crippen molar-refractivity contribution in [1.29, 1.82) is 0 Å².